The lowest BCUT2D eigenvalue weighted by molar-refractivity contribution is 0.340. The predicted molar refractivity (Wildman–Crippen MR) is 121 cm³/mol. The number of rotatable bonds is 4. The molecule has 1 aliphatic heterocycles. The third kappa shape index (κ3) is 3.30. The monoisotopic (exact) mass is 397 g/mol. The summed E-state index contributed by atoms with van der Waals surface area (Å²) in [4.78, 5) is 6.07. The number of fused-ring (bicyclic) bond motifs is 3. The summed E-state index contributed by atoms with van der Waals surface area (Å²) in [6.45, 7) is 2.63. The van der Waals surface area contributed by atoms with E-state index in [1.54, 1.807) is 11.3 Å². The van der Waals surface area contributed by atoms with E-state index in [-0.39, 0.29) is 0 Å². The standard InChI is InChI=1S/C24H19N3OS/c1-2-28-18-12-9-17(10-13-18)22-20-14-11-16-6-3-4-7-19(16)23(20)25-24(27-26-22)21-8-5-15-29-21/h3-15H,2H2,1H3,(H,25,27). The maximum Gasteiger partial charge on any atom is 0.164 e. The van der Waals surface area contributed by atoms with Gasteiger partial charge in [-0.2, -0.15) is 5.10 Å². The number of amidine groups is 1. The summed E-state index contributed by atoms with van der Waals surface area (Å²) in [7, 11) is 0. The van der Waals surface area contributed by atoms with Crippen molar-refractivity contribution in [3.05, 3.63) is 94.2 Å². The molecule has 29 heavy (non-hydrogen) atoms. The van der Waals surface area contributed by atoms with Crippen molar-refractivity contribution in [3.8, 4) is 5.75 Å². The van der Waals surface area contributed by atoms with Crippen molar-refractivity contribution in [1.29, 1.82) is 0 Å². The number of nitrogens with zero attached hydrogens (tertiary/aromatic N) is 2. The molecule has 1 aliphatic rings. The zero-order chi connectivity index (χ0) is 19.6. The fourth-order valence-corrected chi connectivity index (χ4v) is 4.16. The molecule has 4 aromatic rings. The van der Waals surface area contributed by atoms with Crippen molar-refractivity contribution in [2.75, 3.05) is 6.61 Å². The zero-order valence-electron chi connectivity index (χ0n) is 15.9. The van der Waals surface area contributed by atoms with Gasteiger partial charge in [-0.05, 0) is 54.1 Å². The van der Waals surface area contributed by atoms with Crippen LogP contribution in [0.5, 0.6) is 5.75 Å². The van der Waals surface area contributed by atoms with Gasteiger partial charge in [-0.15, -0.1) is 11.3 Å². The molecule has 0 radical (unpaired) electrons. The molecule has 0 atom stereocenters. The fourth-order valence-electron chi connectivity index (χ4n) is 3.49. The van der Waals surface area contributed by atoms with E-state index < -0.39 is 0 Å². The van der Waals surface area contributed by atoms with Gasteiger partial charge in [0.15, 0.2) is 5.84 Å². The molecule has 0 unspecified atom stereocenters. The quantitative estimate of drug-likeness (QED) is 0.478. The number of hydrazone groups is 1. The van der Waals surface area contributed by atoms with Crippen LogP contribution in [0.25, 0.3) is 10.8 Å². The first-order valence-electron chi connectivity index (χ1n) is 9.55. The summed E-state index contributed by atoms with van der Waals surface area (Å²) in [5, 5.41) is 9.08. The normalized spacial score (nSPS) is 13.1. The van der Waals surface area contributed by atoms with Gasteiger partial charge >= 0.3 is 0 Å². The van der Waals surface area contributed by atoms with Gasteiger partial charge < -0.3 is 4.74 Å². The van der Waals surface area contributed by atoms with E-state index in [0.717, 1.165) is 49.8 Å². The van der Waals surface area contributed by atoms with Crippen LogP contribution in [0, 0.1) is 0 Å². The minimum absolute atomic E-state index is 0.648. The number of thiophene rings is 1. The van der Waals surface area contributed by atoms with Crippen LogP contribution in [0.2, 0.25) is 0 Å². The van der Waals surface area contributed by atoms with Gasteiger partial charge in [0.25, 0.3) is 0 Å². The molecule has 0 amide bonds. The molecule has 2 heterocycles. The molecule has 0 spiro atoms. The van der Waals surface area contributed by atoms with Crippen molar-refractivity contribution in [2.24, 2.45) is 10.1 Å². The molecule has 3 aromatic carbocycles. The summed E-state index contributed by atoms with van der Waals surface area (Å²) in [5.74, 6) is 1.62. The van der Waals surface area contributed by atoms with Crippen molar-refractivity contribution in [1.82, 2.24) is 5.43 Å². The first-order chi connectivity index (χ1) is 14.3. The van der Waals surface area contributed by atoms with Gasteiger partial charge in [0.1, 0.15) is 11.5 Å². The van der Waals surface area contributed by atoms with E-state index in [0.29, 0.717) is 6.61 Å². The van der Waals surface area contributed by atoms with Gasteiger partial charge in [-0.3, -0.25) is 5.43 Å². The lowest BCUT2D eigenvalue weighted by Gasteiger charge is -2.11. The van der Waals surface area contributed by atoms with Gasteiger partial charge in [0, 0.05) is 16.5 Å². The van der Waals surface area contributed by atoms with Crippen LogP contribution in [0.15, 0.2) is 88.3 Å². The Morgan fingerprint density at radius 2 is 1.79 bits per heavy atom. The summed E-state index contributed by atoms with van der Waals surface area (Å²) in [5.41, 5.74) is 7.02. The average molecular weight is 398 g/mol. The minimum atomic E-state index is 0.648. The highest BCUT2D eigenvalue weighted by molar-refractivity contribution is 7.12. The Kier molecular flexibility index (Phi) is 4.58. The fraction of sp³-hybridized carbons (Fsp3) is 0.0833. The Balaban J connectivity index is 1.70. The Bertz CT molecular complexity index is 1220. The van der Waals surface area contributed by atoms with E-state index in [1.165, 1.54) is 0 Å². The highest BCUT2D eigenvalue weighted by Crippen LogP contribution is 2.34. The second-order valence-electron chi connectivity index (χ2n) is 6.65. The number of nitrogens with one attached hydrogen (secondary N) is 1. The maximum atomic E-state index is 5.59. The smallest absolute Gasteiger partial charge is 0.164 e. The van der Waals surface area contributed by atoms with Gasteiger partial charge in [-0.25, -0.2) is 4.99 Å². The molecular formula is C24H19N3OS. The summed E-state index contributed by atoms with van der Waals surface area (Å²) in [6, 6.07) is 24.7. The molecule has 5 rings (SSSR count). The van der Waals surface area contributed by atoms with Crippen LogP contribution < -0.4 is 10.2 Å². The van der Waals surface area contributed by atoms with E-state index >= 15 is 0 Å². The molecule has 0 saturated carbocycles. The Hall–Kier alpha value is -3.44. The highest BCUT2D eigenvalue weighted by Gasteiger charge is 2.19. The molecule has 1 aromatic heterocycles. The largest absolute Gasteiger partial charge is 0.494 e. The van der Waals surface area contributed by atoms with Crippen molar-refractivity contribution in [3.63, 3.8) is 0 Å². The van der Waals surface area contributed by atoms with E-state index in [4.69, 9.17) is 14.8 Å². The second-order valence-corrected chi connectivity index (χ2v) is 7.60. The lowest BCUT2D eigenvalue weighted by Crippen LogP contribution is -2.18. The van der Waals surface area contributed by atoms with Crippen LogP contribution >= 0.6 is 11.3 Å². The molecule has 4 nitrogen and oxygen atoms in total. The van der Waals surface area contributed by atoms with Crippen molar-refractivity contribution < 1.29 is 4.74 Å². The Labute approximate surface area is 173 Å². The molecule has 142 valence electrons. The average Bonchev–Trinajstić information content (AvgIpc) is 3.22. The topological polar surface area (TPSA) is 46.0 Å². The first kappa shape index (κ1) is 17.6. The van der Waals surface area contributed by atoms with Crippen LogP contribution in [-0.4, -0.2) is 18.2 Å². The molecule has 0 aliphatic carbocycles. The number of ether oxygens (including phenoxy) is 1. The number of aliphatic imine (C=N–C) groups is 1. The molecule has 1 N–H and O–H groups in total. The zero-order valence-corrected chi connectivity index (χ0v) is 16.7. The second kappa shape index (κ2) is 7.53. The van der Waals surface area contributed by atoms with E-state index in [1.807, 2.05) is 42.6 Å². The van der Waals surface area contributed by atoms with E-state index in [9.17, 15) is 0 Å². The summed E-state index contributed by atoms with van der Waals surface area (Å²) >= 11 is 1.64. The van der Waals surface area contributed by atoms with E-state index in [2.05, 4.69) is 47.9 Å². The number of hydrogen-bond donors (Lipinski definition) is 1. The number of benzene rings is 3. The van der Waals surface area contributed by atoms with Gasteiger partial charge in [-0.1, -0.05) is 36.4 Å². The summed E-state index contributed by atoms with van der Waals surface area (Å²) < 4.78 is 5.59. The number of hydrogen-bond acceptors (Lipinski definition) is 5. The third-order valence-electron chi connectivity index (χ3n) is 4.85. The first-order valence-corrected chi connectivity index (χ1v) is 10.4. The van der Waals surface area contributed by atoms with Crippen LogP contribution in [-0.2, 0) is 0 Å². The third-order valence-corrected chi connectivity index (χ3v) is 5.72. The SMILES string of the molecule is CCOc1ccc(C2=NNC(c3cccs3)=Nc3c2ccc2ccccc32)cc1. The summed E-state index contributed by atoms with van der Waals surface area (Å²) in [6.07, 6.45) is 0. The van der Waals surface area contributed by atoms with Crippen LogP contribution in [0.4, 0.5) is 5.69 Å². The Morgan fingerprint density at radius 1 is 0.931 bits per heavy atom. The van der Waals surface area contributed by atoms with Gasteiger partial charge in [0.2, 0.25) is 0 Å². The van der Waals surface area contributed by atoms with Crippen molar-refractivity contribution >= 4 is 39.3 Å². The van der Waals surface area contributed by atoms with Gasteiger partial charge in [0.05, 0.1) is 17.2 Å². The highest BCUT2D eigenvalue weighted by atomic mass is 32.1. The molecule has 5 heteroatoms. The molecule has 0 bridgehead atoms. The maximum absolute atomic E-state index is 5.59. The molecule has 0 saturated heterocycles. The van der Waals surface area contributed by atoms with Crippen LogP contribution in [0.1, 0.15) is 22.9 Å². The predicted octanol–water partition coefficient (Wildman–Crippen LogP) is 5.73. The lowest BCUT2D eigenvalue weighted by atomic mass is 9.97. The Morgan fingerprint density at radius 3 is 2.59 bits per heavy atom. The van der Waals surface area contributed by atoms with Crippen LogP contribution in [0.3, 0.4) is 0 Å². The minimum Gasteiger partial charge on any atom is -0.494 e. The molecule has 0 fully saturated rings. The van der Waals surface area contributed by atoms with Crippen molar-refractivity contribution in [2.45, 2.75) is 6.92 Å². The molecular weight excluding hydrogens is 378 g/mol.